The molecular weight excluding hydrogens is 270 g/mol. The van der Waals surface area contributed by atoms with Gasteiger partial charge in [-0.3, -0.25) is 0 Å². The molecule has 0 spiro atoms. The Hall–Kier alpha value is -2.89. The molecule has 0 atom stereocenters. The molecule has 0 aliphatic heterocycles. The largest absolute Gasteiger partial charge is 0.482 e. The molecule has 0 aliphatic carbocycles. The molecule has 21 heavy (non-hydrogen) atoms. The van der Waals surface area contributed by atoms with E-state index in [-0.39, 0.29) is 12.4 Å². The lowest BCUT2D eigenvalue weighted by molar-refractivity contribution is -0.378. The molecule has 2 aromatic rings. The molecule has 0 saturated heterocycles. The Morgan fingerprint density at radius 3 is 2.90 bits per heavy atom. The van der Waals surface area contributed by atoms with E-state index in [9.17, 15) is 4.79 Å². The maximum absolute atomic E-state index is 11.5. The van der Waals surface area contributed by atoms with Crippen LogP contribution in [0.3, 0.4) is 0 Å². The minimum Gasteiger partial charge on any atom is -0.482 e. The highest BCUT2D eigenvalue weighted by molar-refractivity contribution is 5.96. The first-order valence-electron chi connectivity index (χ1n) is 6.34. The molecule has 6 heteroatoms. The highest BCUT2D eigenvalue weighted by Gasteiger charge is 2.07. The molecule has 1 aromatic carbocycles. The Morgan fingerprint density at radius 1 is 1.33 bits per heavy atom. The molecule has 108 valence electrons. The predicted molar refractivity (Wildman–Crippen MR) is 76.5 cm³/mol. The molecule has 2 rings (SSSR count). The number of H-pyrrole nitrogens is 1. The second kappa shape index (κ2) is 7.04. The van der Waals surface area contributed by atoms with Crippen molar-refractivity contribution in [2.24, 2.45) is 10.9 Å². The lowest BCUT2D eigenvalue weighted by atomic mass is 10.2. The smallest absolute Gasteiger partial charge is 0.372 e. The molecule has 1 heterocycles. The van der Waals surface area contributed by atoms with E-state index in [0.717, 1.165) is 5.56 Å². The number of amidine groups is 1. The number of aryl methyl sites for hydroxylation is 1. The van der Waals surface area contributed by atoms with Gasteiger partial charge in [-0.15, -0.1) is 0 Å². The fourth-order valence-corrected chi connectivity index (χ4v) is 1.58. The minimum absolute atomic E-state index is 0.107. The van der Waals surface area contributed by atoms with Gasteiger partial charge in [-0.25, -0.2) is 9.78 Å². The van der Waals surface area contributed by atoms with Crippen molar-refractivity contribution in [3.63, 3.8) is 0 Å². The summed E-state index contributed by atoms with van der Waals surface area (Å²) in [5.41, 5.74) is 7.36. The predicted octanol–water partition coefficient (Wildman–Crippen LogP) is 1.05. The number of carbonyl (C=O) groups excluding carboxylic acids is 1. The van der Waals surface area contributed by atoms with Crippen molar-refractivity contribution in [3.8, 4) is 5.75 Å². The summed E-state index contributed by atoms with van der Waals surface area (Å²) in [4.78, 5) is 19.1. The van der Waals surface area contributed by atoms with Crippen molar-refractivity contribution in [1.82, 2.24) is 0 Å². The summed E-state index contributed by atoms with van der Waals surface area (Å²) in [6.45, 7) is 1.70. The second-order valence-corrected chi connectivity index (χ2v) is 4.34. The van der Waals surface area contributed by atoms with E-state index in [4.69, 9.17) is 15.3 Å². The molecule has 0 bridgehead atoms. The van der Waals surface area contributed by atoms with Crippen LogP contribution in [-0.2, 0) is 9.63 Å². The summed E-state index contributed by atoms with van der Waals surface area (Å²) in [6, 6.07) is 10.9. The number of nitrogens with two attached hydrogens (primary N) is 1. The van der Waals surface area contributed by atoms with Crippen LogP contribution in [0, 0.1) is 6.92 Å². The molecule has 0 radical (unpaired) electrons. The van der Waals surface area contributed by atoms with Crippen molar-refractivity contribution < 1.29 is 19.4 Å². The summed E-state index contributed by atoms with van der Waals surface area (Å²) in [7, 11) is 0. The van der Waals surface area contributed by atoms with Crippen molar-refractivity contribution in [2.45, 2.75) is 6.92 Å². The first-order chi connectivity index (χ1) is 10.1. The molecule has 0 unspecified atom stereocenters. The average Bonchev–Trinajstić information content (AvgIpc) is 2.51. The van der Waals surface area contributed by atoms with E-state index < -0.39 is 5.97 Å². The molecule has 0 amide bonds. The third-order valence-electron chi connectivity index (χ3n) is 2.59. The van der Waals surface area contributed by atoms with Crippen LogP contribution in [-0.4, -0.2) is 18.4 Å². The van der Waals surface area contributed by atoms with Crippen LogP contribution in [0.15, 0.2) is 53.9 Å². The van der Waals surface area contributed by atoms with Crippen molar-refractivity contribution in [2.75, 3.05) is 6.61 Å². The van der Waals surface area contributed by atoms with E-state index in [1.54, 1.807) is 30.6 Å². The van der Waals surface area contributed by atoms with Gasteiger partial charge in [-0.05, 0) is 30.7 Å². The lowest BCUT2D eigenvalue weighted by Crippen LogP contribution is -2.19. The zero-order valence-electron chi connectivity index (χ0n) is 11.6. The third-order valence-corrected chi connectivity index (χ3v) is 2.59. The van der Waals surface area contributed by atoms with Gasteiger partial charge in [0.25, 0.3) is 0 Å². The number of carbonyl (C=O) groups is 1. The van der Waals surface area contributed by atoms with Gasteiger partial charge in [0.05, 0.1) is 5.56 Å². The van der Waals surface area contributed by atoms with E-state index in [2.05, 4.69) is 10.1 Å². The fraction of sp³-hybridized carbons (Fsp3) is 0.133. The standard InChI is InChI=1S/C15H15N3O3/c1-11-4-2-6-13(8-11)20-10-14(19)21-18-15(16)12-5-3-7-17-9-12/h2-9H,10H2,1H3,(H2,16,18)/p+1. The summed E-state index contributed by atoms with van der Waals surface area (Å²) in [5.74, 6) is 0.0803. The third kappa shape index (κ3) is 4.61. The lowest BCUT2D eigenvalue weighted by Gasteiger charge is -2.04. The van der Waals surface area contributed by atoms with E-state index in [1.165, 1.54) is 0 Å². The van der Waals surface area contributed by atoms with Crippen molar-refractivity contribution >= 4 is 11.8 Å². The van der Waals surface area contributed by atoms with Crippen LogP contribution < -0.4 is 15.5 Å². The summed E-state index contributed by atoms with van der Waals surface area (Å²) in [5, 5.41) is 3.57. The maximum atomic E-state index is 11.5. The van der Waals surface area contributed by atoms with Gasteiger partial charge in [-0.2, -0.15) is 0 Å². The van der Waals surface area contributed by atoms with Crippen molar-refractivity contribution in [1.29, 1.82) is 0 Å². The molecule has 0 fully saturated rings. The highest BCUT2D eigenvalue weighted by atomic mass is 16.7. The fourth-order valence-electron chi connectivity index (χ4n) is 1.58. The molecule has 6 nitrogen and oxygen atoms in total. The van der Waals surface area contributed by atoms with Crippen LogP contribution in [0.4, 0.5) is 0 Å². The number of pyridine rings is 1. The normalized spacial score (nSPS) is 11.0. The Kier molecular flexibility index (Phi) is 4.87. The second-order valence-electron chi connectivity index (χ2n) is 4.34. The van der Waals surface area contributed by atoms with Gasteiger partial charge in [-0.1, -0.05) is 17.3 Å². The number of nitrogens with one attached hydrogen (secondary N) is 1. The number of rotatable bonds is 5. The van der Waals surface area contributed by atoms with Gasteiger partial charge < -0.3 is 15.3 Å². The minimum atomic E-state index is -0.626. The maximum Gasteiger partial charge on any atom is 0.372 e. The molecular formula is C15H16N3O3+. The highest BCUT2D eigenvalue weighted by Crippen LogP contribution is 2.12. The molecule has 3 N–H and O–H groups in total. The number of nitrogens with zero attached hydrogens (tertiary/aromatic N) is 1. The zero-order valence-corrected chi connectivity index (χ0v) is 11.6. The Morgan fingerprint density at radius 2 is 2.19 bits per heavy atom. The van der Waals surface area contributed by atoms with E-state index in [0.29, 0.717) is 11.3 Å². The van der Waals surface area contributed by atoms with Gasteiger partial charge in [0.1, 0.15) is 5.75 Å². The van der Waals surface area contributed by atoms with E-state index >= 15 is 0 Å². The van der Waals surface area contributed by atoms with Crippen LogP contribution in [0.1, 0.15) is 11.1 Å². The van der Waals surface area contributed by atoms with Crippen LogP contribution in [0.2, 0.25) is 0 Å². The number of aromatic nitrogens is 1. The summed E-state index contributed by atoms with van der Waals surface area (Å²) in [6.07, 6.45) is 3.38. The number of oxime groups is 1. The summed E-state index contributed by atoms with van der Waals surface area (Å²) >= 11 is 0. The quantitative estimate of drug-likeness (QED) is 0.385. The number of aromatic amines is 1. The number of benzene rings is 1. The van der Waals surface area contributed by atoms with E-state index in [1.807, 2.05) is 25.1 Å². The van der Waals surface area contributed by atoms with Crippen LogP contribution in [0.5, 0.6) is 5.75 Å². The molecule has 0 aliphatic rings. The monoisotopic (exact) mass is 286 g/mol. The molecule has 1 aromatic heterocycles. The SMILES string of the molecule is Cc1cccc(OCC(=O)ON=C(N)c2ccc[nH+]c2)c1. The van der Waals surface area contributed by atoms with Crippen molar-refractivity contribution in [3.05, 3.63) is 59.9 Å². The van der Waals surface area contributed by atoms with Gasteiger partial charge >= 0.3 is 5.97 Å². The first kappa shape index (κ1) is 14.5. The number of hydrogen-bond donors (Lipinski definition) is 1. The van der Waals surface area contributed by atoms with Crippen LogP contribution >= 0.6 is 0 Å². The molecule has 0 saturated carbocycles. The van der Waals surface area contributed by atoms with Gasteiger partial charge in [0, 0.05) is 6.07 Å². The Labute approximate surface area is 122 Å². The Bertz CT molecular complexity index is 642. The van der Waals surface area contributed by atoms with Gasteiger partial charge in [0.2, 0.25) is 0 Å². The van der Waals surface area contributed by atoms with Gasteiger partial charge in [0.15, 0.2) is 24.8 Å². The Balaban J connectivity index is 1.85. The zero-order chi connectivity index (χ0) is 15.1. The number of ether oxygens (including phenoxy) is 1. The first-order valence-corrected chi connectivity index (χ1v) is 6.34. The topological polar surface area (TPSA) is 88.0 Å². The summed E-state index contributed by atoms with van der Waals surface area (Å²) < 4.78 is 5.30. The number of hydrogen-bond acceptors (Lipinski definition) is 4. The van der Waals surface area contributed by atoms with Crippen LogP contribution in [0.25, 0.3) is 0 Å². The average molecular weight is 286 g/mol.